The molecule has 1 aromatic carbocycles. The van der Waals surface area contributed by atoms with E-state index in [1.165, 1.54) is 18.0 Å². The number of benzene rings is 1. The number of likely N-dealkylation sites (N-methyl/N-ethyl adjacent to an activating group) is 1. The van der Waals surface area contributed by atoms with Gasteiger partial charge in [-0.1, -0.05) is 18.2 Å². The van der Waals surface area contributed by atoms with Gasteiger partial charge in [0.25, 0.3) is 10.0 Å². The molecule has 0 atom stereocenters. The van der Waals surface area contributed by atoms with Gasteiger partial charge in [0.05, 0.1) is 17.9 Å². The van der Waals surface area contributed by atoms with Crippen LogP contribution in [0.15, 0.2) is 46.0 Å². The van der Waals surface area contributed by atoms with Crippen LogP contribution >= 0.6 is 11.3 Å². The molecule has 0 bridgehead atoms. The lowest BCUT2D eigenvalue weighted by atomic mass is 10.2. The second kappa shape index (κ2) is 6.34. The molecule has 0 fully saturated rings. The van der Waals surface area contributed by atoms with Gasteiger partial charge in [-0.05, 0) is 23.6 Å². The molecular formula is C15H15N3O4S2. The first-order valence-corrected chi connectivity index (χ1v) is 9.40. The van der Waals surface area contributed by atoms with E-state index in [-0.39, 0.29) is 23.2 Å². The van der Waals surface area contributed by atoms with Gasteiger partial charge >= 0.3 is 0 Å². The quantitative estimate of drug-likeness (QED) is 0.886. The number of para-hydroxylation sites is 2. The second-order valence-corrected chi connectivity index (χ2v) is 8.46. The van der Waals surface area contributed by atoms with Crippen LogP contribution in [-0.4, -0.2) is 44.7 Å². The summed E-state index contributed by atoms with van der Waals surface area (Å²) in [6.45, 7) is -0.482. The van der Waals surface area contributed by atoms with E-state index in [9.17, 15) is 18.0 Å². The zero-order valence-corrected chi connectivity index (χ0v) is 14.4. The molecule has 1 N–H and O–H groups in total. The molecule has 24 heavy (non-hydrogen) atoms. The second-order valence-electron chi connectivity index (χ2n) is 5.24. The van der Waals surface area contributed by atoms with Gasteiger partial charge in [-0.2, -0.15) is 4.31 Å². The van der Waals surface area contributed by atoms with E-state index in [0.29, 0.717) is 11.4 Å². The van der Waals surface area contributed by atoms with Crippen molar-refractivity contribution in [1.82, 2.24) is 4.31 Å². The number of hydrogen-bond donors (Lipinski definition) is 1. The van der Waals surface area contributed by atoms with E-state index >= 15 is 0 Å². The van der Waals surface area contributed by atoms with E-state index in [0.717, 1.165) is 15.6 Å². The predicted octanol–water partition coefficient (Wildman–Crippen LogP) is 1.35. The molecular weight excluding hydrogens is 350 g/mol. The van der Waals surface area contributed by atoms with E-state index in [2.05, 4.69) is 5.32 Å². The standard InChI is InChI=1S/C15H15N3O4S2/c1-17(24(21,22)15-7-4-8-23-15)10-14(20)18-9-13(19)16-11-5-2-3-6-12(11)18/h2-8H,9-10H2,1H3,(H,16,19). The number of hydrogen-bond acceptors (Lipinski definition) is 5. The van der Waals surface area contributed by atoms with Crippen LogP contribution in [0.3, 0.4) is 0 Å². The first kappa shape index (κ1) is 16.6. The lowest BCUT2D eigenvalue weighted by Gasteiger charge is -2.30. The number of rotatable bonds is 4. The summed E-state index contributed by atoms with van der Waals surface area (Å²) in [5.41, 5.74) is 1.09. The molecule has 126 valence electrons. The molecule has 1 aliphatic heterocycles. The van der Waals surface area contributed by atoms with E-state index in [1.807, 2.05) is 0 Å². The summed E-state index contributed by atoms with van der Waals surface area (Å²) in [6, 6.07) is 10.0. The van der Waals surface area contributed by atoms with Crippen LogP contribution in [0.2, 0.25) is 0 Å². The van der Waals surface area contributed by atoms with Crippen LogP contribution in [0.5, 0.6) is 0 Å². The van der Waals surface area contributed by atoms with Crippen molar-refractivity contribution in [3.63, 3.8) is 0 Å². The van der Waals surface area contributed by atoms with Crippen molar-refractivity contribution in [2.24, 2.45) is 0 Å². The molecule has 0 saturated heterocycles. The highest BCUT2D eigenvalue weighted by Gasteiger charge is 2.30. The summed E-state index contributed by atoms with van der Waals surface area (Å²) in [7, 11) is -2.37. The van der Waals surface area contributed by atoms with E-state index in [1.54, 1.807) is 35.7 Å². The first-order valence-electron chi connectivity index (χ1n) is 7.08. The smallest absolute Gasteiger partial charge is 0.252 e. The van der Waals surface area contributed by atoms with Crippen LogP contribution < -0.4 is 10.2 Å². The number of nitrogens with zero attached hydrogens (tertiary/aromatic N) is 2. The highest BCUT2D eigenvalue weighted by atomic mass is 32.2. The Hall–Kier alpha value is -2.23. The summed E-state index contributed by atoms with van der Waals surface area (Å²) in [5, 5.41) is 4.35. The highest BCUT2D eigenvalue weighted by molar-refractivity contribution is 7.91. The Labute approximate surface area is 143 Å². The molecule has 3 rings (SSSR count). The van der Waals surface area contributed by atoms with Gasteiger partial charge in [-0.3, -0.25) is 14.5 Å². The maximum Gasteiger partial charge on any atom is 0.252 e. The first-order chi connectivity index (χ1) is 11.4. The van der Waals surface area contributed by atoms with Crippen LogP contribution in [0.25, 0.3) is 0 Å². The highest BCUT2D eigenvalue weighted by Crippen LogP contribution is 2.29. The van der Waals surface area contributed by atoms with Crippen molar-refractivity contribution in [2.75, 3.05) is 30.4 Å². The summed E-state index contributed by atoms with van der Waals surface area (Å²) < 4.78 is 26.0. The number of fused-ring (bicyclic) bond motifs is 1. The molecule has 0 saturated carbocycles. The van der Waals surface area contributed by atoms with Gasteiger partial charge in [0.1, 0.15) is 10.8 Å². The minimum Gasteiger partial charge on any atom is -0.323 e. The van der Waals surface area contributed by atoms with Gasteiger partial charge in [0, 0.05) is 7.05 Å². The van der Waals surface area contributed by atoms with Gasteiger partial charge in [-0.25, -0.2) is 8.42 Å². The van der Waals surface area contributed by atoms with E-state index < -0.39 is 15.9 Å². The topological polar surface area (TPSA) is 86.8 Å². The van der Waals surface area contributed by atoms with Crippen LogP contribution in [0.4, 0.5) is 11.4 Å². The van der Waals surface area contributed by atoms with E-state index in [4.69, 9.17) is 0 Å². The number of amides is 2. The third-order valence-electron chi connectivity index (χ3n) is 3.59. The molecule has 1 aromatic heterocycles. The molecule has 7 nitrogen and oxygen atoms in total. The molecule has 0 radical (unpaired) electrons. The maximum atomic E-state index is 12.6. The Kier molecular flexibility index (Phi) is 4.39. The van der Waals surface area contributed by atoms with Crippen LogP contribution in [0.1, 0.15) is 0 Å². The minimum absolute atomic E-state index is 0.136. The number of carbonyl (C=O) groups excluding carboxylic acids is 2. The zero-order valence-electron chi connectivity index (χ0n) is 12.8. The minimum atomic E-state index is -3.72. The Morgan fingerprint density at radius 1 is 1.29 bits per heavy atom. The maximum absolute atomic E-state index is 12.6. The molecule has 1 aliphatic rings. The van der Waals surface area contributed by atoms with Gasteiger partial charge in [-0.15, -0.1) is 11.3 Å². The van der Waals surface area contributed by atoms with Crippen molar-refractivity contribution >= 4 is 44.5 Å². The fraction of sp³-hybridized carbons (Fsp3) is 0.200. The average Bonchev–Trinajstić information content (AvgIpc) is 3.09. The van der Waals surface area contributed by atoms with Gasteiger partial charge < -0.3 is 5.32 Å². The summed E-state index contributed by atoms with van der Waals surface area (Å²) in [4.78, 5) is 25.7. The zero-order chi connectivity index (χ0) is 17.3. The fourth-order valence-corrected chi connectivity index (χ4v) is 4.70. The van der Waals surface area contributed by atoms with Gasteiger partial charge in [0.2, 0.25) is 11.8 Å². The lowest BCUT2D eigenvalue weighted by Crippen LogP contribution is -2.46. The van der Waals surface area contributed by atoms with Crippen molar-refractivity contribution < 1.29 is 18.0 Å². The number of anilines is 2. The summed E-state index contributed by atoms with van der Waals surface area (Å²) >= 11 is 1.09. The molecule has 2 aromatic rings. The number of thiophene rings is 1. The van der Waals surface area contributed by atoms with Crippen molar-refractivity contribution in [3.8, 4) is 0 Å². The summed E-state index contributed by atoms with van der Waals surface area (Å²) in [5.74, 6) is -0.772. The molecule has 9 heteroatoms. The van der Waals surface area contributed by atoms with Crippen LogP contribution in [0, 0.1) is 0 Å². The predicted molar refractivity (Wildman–Crippen MR) is 91.6 cm³/mol. The fourth-order valence-electron chi connectivity index (χ4n) is 2.38. The lowest BCUT2D eigenvalue weighted by molar-refractivity contribution is -0.121. The SMILES string of the molecule is CN(CC(=O)N1CC(=O)Nc2ccccc21)S(=O)(=O)c1cccs1. The van der Waals surface area contributed by atoms with Crippen LogP contribution in [-0.2, 0) is 19.6 Å². The molecule has 2 amide bonds. The Morgan fingerprint density at radius 2 is 2.04 bits per heavy atom. The Morgan fingerprint density at radius 3 is 2.75 bits per heavy atom. The number of carbonyl (C=O) groups is 2. The van der Waals surface area contributed by atoms with Crippen molar-refractivity contribution in [2.45, 2.75) is 4.21 Å². The third-order valence-corrected chi connectivity index (χ3v) is 6.77. The molecule has 0 spiro atoms. The Balaban J connectivity index is 1.82. The monoisotopic (exact) mass is 365 g/mol. The number of sulfonamides is 1. The average molecular weight is 365 g/mol. The van der Waals surface area contributed by atoms with Gasteiger partial charge in [0.15, 0.2) is 0 Å². The summed E-state index contributed by atoms with van der Waals surface area (Å²) in [6.07, 6.45) is 0. The van der Waals surface area contributed by atoms with Crippen molar-refractivity contribution in [1.29, 1.82) is 0 Å². The normalized spacial score (nSPS) is 14.4. The molecule has 0 aliphatic carbocycles. The third kappa shape index (κ3) is 3.05. The Bertz CT molecular complexity index is 878. The largest absolute Gasteiger partial charge is 0.323 e. The molecule has 2 heterocycles. The number of nitrogens with one attached hydrogen (secondary N) is 1. The van der Waals surface area contributed by atoms with Crippen molar-refractivity contribution in [3.05, 3.63) is 41.8 Å². The molecule has 0 unspecified atom stereocenters.